The molecule has 18 heteroatoms. The Bertz CT molecular complexity index is 890. The normalized spacial score (nSPS) is 42.2. The second-order valence-electron chi connectivity index (χ2n) is 11.0. The van der Waals surface area contributed by atoms with Gasteiger partial charge in [-0.3, -0.25) is 10.4 Å². The van der Waals surface area contributed by atoms with Gasteiger partial charge in [0.15, 0.2) is 12.6 Å². The largest absolute Gasteiger partial charge is 0.394 e. The van der Waals surface area contributed by atoms with Crippen LogP contribution < -0.4 is 39.7 Å². The van der Waals surface area contributed by atoms with Crippen molar-refractivity contribution >= 4 is 11.7 Å². The third kappa shape index (κ3) is 8.51. The molecule has 3 aliphatic rings. The van der Waals surface area contributed by atoms with Crippen molar-refractivity contribution < 1.29 is 44.5 Å². The molecule has 2 heterocycles. The first kappa shape index (κ1) is 34.9. The summed E-state index contributed by atoms with van der Waals surface area (Å²) >= 11 is 0. The third-order valence-electron chi connectivity index (χ3n) is 7.85. The van der Waals surface area contributed by atoms with Crippen LogP contribution in [0.2, 0.25) is 0 Å². The zero-order valence-electron chi connectivity index (χ0n) is 23.5. The van der Waals surface area contributed by atoms with Crippen LogP contribution in [0.5, 0.6) is 0 Å². The number of nitrogens with zero attached hydrogens (tertiary/aromatic N) is 1. The van der Waals surface area contributed by atoms with E-state index in [9.17, 15) is 25.5 Å². The highest BCUT2D eigenvalue weighted by Gasteiger charge is 2.51. The van der Waals surface area contributed by atoms with Crippen molar-refractivity contribution in [1.29, 1.82) is 5.41 Å². The molecule has 0 bridgehead atoms. The van der Waals surface area contributed by atoms with E-state index in [2.05, 4.69) is 10.3 Å². The van der Waals surface area contributed by atoms with E-state index in [1.54, 1.807) is 0 Å². The fourth-order valence-electron chi connectivity index (χ4n) is 5.28. The Hall–Kier alpha value is -1.62. The summed E-state index contributed by atoms with van der Waals surface area (Å²) in [6.45, 7) is -0.0978. The van der Waals surface area contributed by atoms with E-state index in [4.69, 9.17) is 58.8 Å². The average Bonchev–Trinajstić information content (AvgIpc) is 2.97. The van der Waals surface area contributed by atoms with Crippen LogP contribution >= 0.6 is 0 Å². The van der Waals surface area contributed by atoms with Crippen LogP contribution in [0, 0.1) is 5.41 Å². The van der Waals surface area contributed by atoms with Gasteiger partial charge >= 0.3 is 0 Å². The standard InChI is InChI=1S/C24H49N9O9/c25-4-3-13(35)22(31)33-12-5-11(28)20(41-23-10(27)2-1-9(39-23)7-32-15(29)6-26)19(38)21(12)42-24-18(37)16(30)17(36)14(8-34)40-24/h9-14,16-21,23-24,34-38H,1-8,25-28,30H2,(H2,29,32)(H2,31,33)/t9-,10?,11-,12+,13?,14?,16-,17?,18?,19?,20?,21?,23+,24+/m0/s1. The van der Waals surface area contributed by atoms with E-state index >= 15 is 0 Å². The van der Waals surface area contributed by atoms with E-state index in [0.717, 1.165) is 0 Å². The molecule has 1 aliphatic carbocycles. The summed E-state index contributed by atoms with van der Waals surface area (Å²) < 4.78 is 23.7. The summed E-state index contributed by atoms with van der Waals surface area (Å²) in [7, 11) is 0. The number of hydrogen-bond donors (Lipinski definition) is 13. The summed E-state index contributed by atoms with van der Waals surface area (Å²) in [4.78, 5) is 4.36. The van der Waals surface area contributed by atoms with Crippen LogP contribution in [0.15, 0.2) is 4.99 Å². The number of aliphatic hydroxyl groups is 5. The van der Waals surface area contributed by atoms with E-state index < -0.39 is 86.1 Å². The molecular formula is C24H49N9O9. The Morgan fingerprint density at radius 1 is 0.976 bits per heavy atom. The molecule has 8 unspecified atom stereocenters. The Morgan fingerprint density at radius 3 is 2.31 bits per heavy atom. The number of aliphatic hydroxyl groups excluding tert-OH is 5. The van der Waals surface area contributed by atoms with Crippen LogP contribution in [0.25, 0.3) is 0 Å². The fourth-order valence-corrected chi connectivity index (χ4v) is 5.28. The first-order valence-electron chi connectivity index (χ1n) is 14.2. The maximum atomic E-state index is 11.5. The number of amidine groups is 2. The first-order valence-corrected chi connectivity index (χ1v) is 14.2. The predicted molar refractivity (Wildman–Crippen MR) is 150 cm³/mol. The number of rotatable bonds is 12. The van der Waals surface area contributed by atoms with Crippen molar-refractivity contribution in [1.82, 2.24) is 5.32 Å². The van der Waals surface area contributed by atoms with Gasteiger partial charge in [-0.1, -0.05) is 0 Å². The van der Waals surface area contributed by atoms with Crippen molar-refractivity contribution in [3.63, 3.8) is 0 Å². The second kappa shape index (κ2) is 15.9. The van der Waals surface area contributed by atoms with Crippen LogP contribution in [-0.2, 0) is 18.9 Å². The molecule has 18 nitrogen and oxygen atoms in total. The molecule has 244 valence electrons. The van der Waals surface area contributed by atoms with Crippen LogP contribution in [-0.4, -0.2) is 149 Å². The molecule has 3 fully saturated rings. The summed E-state index contributed by atoms with van der Waals surface area (Å²) in [6, 6.07) is -3.53. The zero-order chi connectivity index (χ0) is 31.1. The summed E-state index contributed by atoms with van der Waals surface area (Å²) in [6.07, 6.45) is -10.5. The quantitative estimate of drug-likeness (QED) is 0.0724. The Morgan fingerprint density at radius 2 is 1.67 bits per heavy atom. The maximum Gasteiger partial charge on any atom is 0.186 e. The van der Waals surface area contributed by atoms with E-state index in [1.807, 2.05) is 0 Å². The highest BCUT2D eigenvalue weighted by atomic mass is 16.7. The minimum atomic E-state index is -1.54. The first-order chi connectivity index (χ1) is 19.9. The van der Waals surface area contributed by atoms with Gasteiger partial charge in [0.1, 0.15) is 54.4 Å². The lowest BCUT2D eigenvalue weighted by molar-refractivity contribution is -0.312. The van der Waals surface area contributed by atoms with Crippen molar-refractivity contribution in [2.24, 2.45) is 39.4 Å². The van der Waals surface area contributed by atoms with Crippen molar-refractivity contribution in [3.05, 3.63) is 0 Å². The second-order valence-corrected chi connectivity index (χ2v) is 11.0. The average molecular weight is 608 g/mol. The number of hydrogen-bond acceptors (Lipinski definition) is 16. The molecule has 2 aliphatic heterocycles. The third-order valence-corrected chi connectivity index (χ3v) is 7.85. The van der Waals surface area contributed by atoms with Gasteiger partial charge in [0.05, 0.1) is 37.4 Å². The van der Waals surface area contributed by atoms with Crippen molar-refractivity contribution in [3.8, 4) is 0 Å². The Labute approximate surface area is 244 Å². The number of nitrogens with one attached hydrogen (secondary N) is 2. The maximum absolute atomic E-state index is 11.5. The van der Waals surface area contributed by atoms with Crippen molar-refractivity contribution in [2.45, 2.75) is 111 Å². The molecule has 3 rings (SSSR count). The fraction of sp³-hybridized carbons (Fsp3) is 0.917. The van der Waals surface area contributed by atoms with Gasteiger partial charge in [-0.2, -0.15) is 0 Å². The molecule has 14 atom stereocenters. The topological polar surface area (TPSA) is 342 Å². The summed E-state index contributed by atoms with van der Waals surface area (Å²) in [5, 5.41) is 62.9. The van der Waals surface area contributed by atoms with Gasteiger partial charge in [0.2, 0.25) is 0 Å². The molecule has 0 spiro atoms. The predicted octanol–water partition coefficient (Wildman–Crippen LogP) is -6.59. The van der Waals surface area contributed by atoms with Gasteiger partial charge in [0, 0.05) is 12.6 Å². The summed E-state index contributed by atoms with van der Waals surface area (Å²) in [5.41, 5.74) is 35.6. The molecule has 1 saturated carbocycles. The number of ether oxygens (including phenoxy) is 4. The van der Waals surface area contributed by atoms with Gasteiger partial charge in [-0.05, 0) is 32.2 Å². The zero-order valence-corrected chi connectivity index (χ0v) is 23.5. The molecule has 0 aromatic carbocycles. The lowest BCUT2D eigenvalue weighted by Gasteiger charge is -2.47. The molecule has 0 amide bonds. The Balaban J connectivity index is 1.82. The number of nitrogens with two attached hydrogens (primary N) is 6. The highest BCUT2D eigenvalue weighted by Crippen LogP contribution is 2.32. The molecular weight excluding hydrogens is 558 g/mol. The molecule has 2 saturated heterocycles. The lowest BCUT2D eigenvalue weighted by Crippen LogP contribution is -2.66. The number of aliphatic imine (C=N–C) groups is 1. The van der Waals surface area contributed by atoms with Crippen LogP contribution in [0.1, 0.15) is 25.7 Å². The van der Waals surface area contributed by atoms with E-state index in [1.165, 1.54) is 0 Å². The minimum absolute atomic E-state index is 0.0520. The monoisotopic (exact) mass is 607 g/mol. The van der Waals surface area contributed by atoms with Crippen molar-refractivity contribution in [2.75, 3.05) is 26.2 Å². The van der Waals surface area contributed by atoms with Gasteiger partial charge < -0.3 is 84.2 Å². The smallest absolute Gasteiger partial charge is 0.186 e. The van der Waals surface area contributed by atoms with Crippen LogP contribution in [0.4, 0.5) is 0 Å². The molecule has 42 heavy (non-hydrogen) atoms. The minimum Gasteiger partial charge on any atom is -0.394 e. The van der Waals surface area contributed by atoms with Gasteiger partial charge in [-0.25, -0.2) is 0 Å². The molecule has 0 aromatic rings. The van der Waals surface area contributed by atoms with E-state index in [0.29, 0.717) is 19.4 Å². The molecule has 19 N–H and O–H groups in total. The van der Waals surface area contributed by atoms with E-state index in [-0.39, 0.29) is 43.7 Å². The van der Waals surface area contributed by atoms with Gasteiger partial charge in [0.25, 0.3) is 0 Å². The van der Waals surface area contributed by atoms with Gasteiger partial charge in [-0.15, -0.1) is 0 Å². The highest BCUT2D eigenvalue weighted by molar-refractivity contribution is 5.84. The molecule has 0 radical (unpaired) electrons. The molecule has 0 aromatic heterocycles. The SMILES string of the molecule is N=C(CN)NC[C@@H]1CCC(N)[C@@H](OC2C(O)C(O[C@H]3OC(CO)C(O)[C@H](N)C3O)[C@H](N=C(N)C(O)CCN)C[C@@H]2N)O1. The Kier molecular flexibility index (Phi) is 13.2. The van der Waals surface area contributed by atoms with Crippen LogP contribution in [0.3, 0.4) is 0 Å². The summed E-state index contributed by atoms with van der Waals surface area (Å²) in [5.74, 6) is 0.000197. The lowest BCUT2D eigenvalue weighted by atomic mass is 9.83.